The molecule has 0 aliphatic heterocycles. The topological polar surface area (TPSA) is 30.7 Å². The van der Waals surface area contributed by atoms with Gasteiger partial charge < -0.3 is 0 Å². The van der Waals surface area contributed by atoms with Gasteiger partial charge in [0.05, 0.1) is 11.9 Å². The monoisotopic (exact) mass is 235 g/mol. The van der Waals surface area contributed by atoms with Gasteiger partial charge in [0.25, 0.3) is 0 Å². The molecule has 3 nitrogen and oxygen atoms in total. The van der Waals surface area contributed by atoms with Gasteiger partial charge >= 0.3 is 0 Å². The maximum atomic E-state index is 4.20. The van der Waals surface area contributed by atoms with Crippen LogP contribution >= 0.6 is 0 Å². The molecule has 3 aromatic rings. The number of benzene rings is 2. The maximum absolute atomic E-state index is 4.20. The SMILES string of the molecule is Cc1ccc(-n2cc(-c3ccccc3)nn2)cc1. The summed E-state index contributed by atoms with van der Waals surface area (Å²) in [5, 5.41) is 8.36. The third-order valence-corrected chi connectivity index (χ3v) is 2.86. The van der Waals surface area contributed by atoms with Gasteiger partial charge in [-0.2, -0.15) is 0 Å². The Hall–Kier alpha value is -2.42. The predicted molar refractivity (Wildman–Crippen MR) is 71.5 cm³/mol. The molecular weight excluding hydrogens is 222 g/mol. The standard InChI is InChI=1S/C15H13N3/c1-12-7-9-14(10-8-12)18-11-15(16-17-18)13-5-3-2-4-6-13/h2-11H,1H3. The van der Waals surface area contributed by atoms with Crippen LogP contribution < -0.4 is 0 Å². The van der Waals surface area contributed by atoms with Crippen LogP contribution in [0.5, 0.6) is 0 Å². The zero-order valence-electron chi connectivity index (χ0n) is 10.1. The van der Waals surface area contributed by atoms with Gasteiger partial charge in [0, 0.05) is 5.56 Å². The Balaban J connectivity index is 1.97. The van der Waals surface area contributed by atoms with Crippen molar-refractivity contribution >= 4 is 0 Å². The van der Waals surface area contributed by atoms with Crippen molar-refractivity contribution in [3.63, 3.8) is 0 Å². The lowest BCUT2D eigenvalue weighted by Gasteiger charge is -1.99. The molecule has 0 aliphatic rings. The van der Waals surface area contributed by atoms with Gasteiger partial charge in [-0.05, 0) is 19.1 Å². The molecule has 3 rings (SSSR count). The summed E-state index contributed by atoms with van der Waals surface area (Å²) in [6.07, 6.45) is 1.94. The molecule has 0 spiro atoms. The van der Waals surface area contributed by atoms with E-state index in [-0.39, 0.29) is 0 Å². The molecular formula is C15H13N3. The van der Waals surface area contributed by atoms with Crippen molar-refractivity contribution in [2.24, 2.45) is 0 Å². The first kappa shape index (κ1) is 10.7. The van der Waals surface area contributed by atoms with E-state index < -0.39 is 0 Å². The molecule has 2 aromatic carbocycles. The summed E-state index contributed by atoms with van der Waals surface area (Å²) in [5.74, 6) is 0. The third kappa shape index (κ3) is 2.02. The Morgan fingerprint density at radius 3 is 2.33 bits per heavy atom. The Morgan fingerprint density at radius 1 is 0.889 bits per heavy atom. The van der Waals surface area contributed by atoms with Gasteiger partial charge in [-0.3, -0.25) is 0 Å². The molecule has 3 heteroatoms. The van der Waals surface area contributed by atoms with E-state index in [1.54, 1.807) is 4.68 Å². The fourth-order valence-corrected chi connectivity index (χ4v) is 1.83. The van der Waals surface area contributed by atoms with Crippen LogP contribution in [0.4, 0.5) is 0 Å². The highest BCUT2D eigenvalue weighted by molar-refractivity contribution is 5.57. The van der Waals surface area contributed by atoms with Gasteiger partial charge in [-0.25, -0.2) is 4.68 Å². The quantitative estimate of drug-likeness (QED) is 0.682. The highest BCUT2D eigenvalue weighted by Gasteiger charge is 2.04. The number of aryl methyl sites for hydroxylation is 1. The van der Waals surface area contributed by atoms with Gasteiger partial charge in [-0.15, -0.1) is 5.10 Å². The second kappa shape index (κ2) is 4.45. The first-order chi connectivity index (χ1) is 8.83. The molecule has 0 N–H and O–H groups in total. The summed E-state index contributed by atoms with van der Waals surface area (Å²) in [6, 6.07) is 18.3. The molecule has 18 heavy (non-hydrogen) atoms. The van der Waals surface area contributed by atoms with E-state index in [1.807, 2.05) is 48.7 Å². The van der Waals surface area contributed by atoms with Crippen LogP contribution in [0.15, 0.2) is 60.8 Å². The summed E-state index contributed by atoms with van der Waals surface area (Å²) >= 11 is 0. The lowest BCUT2D eigenvalue weighted by Crippen LogP contribution is -1.94. The second-order valence-electron chi connectivity index (χ2n) is 4.25. The van der Waals surface area contributed by atoms with Crippen molar-refractivity contribution in [1.29, 1.82) is 0 Å². The first-order valence-corrected chi connectivity index (χ1v) is 5.88. The smallest absolute Gasteiger partial charge is 0.113 e. The van der Waals surface area contributed by atoms with Crippen molar-refractivity contribution in [1.82, 2.24) is 15.0 Å². The Morgan fingerprint density at radius 2 is 1.61 bits per heavy atom. The first-order valence-electron chi connectivity index (χ1n) is 5.88. The Labute approximate surface area is 106 Å². The molecule has 1 heterocycles. The van der Waals surface area contributed by atoms with Gasteiger partial charge in [0.2, 0.25) is 0 Å². The van der Waals surface area contributed by atoms with Crippen LogP contribution in [0.25, 0.3) is 16.9 Å². The van der Waals surface area contributed by atoms with Crippen molar-refractivity contribution in [2.45, 2.75) is 6.92 Å². The fourth-order valence-electron chi connectivity index (χ4n) is 1.83. The van der Waals surface area contributed by atoms with Crippen LogP contribution in [0.1, 0.15) is 5.56 Å². The molecule has 0 bridgehead atoms. The molecule has 0 unspecified atom stereocenters. The molecule has 0 amide bonds. The lowest BCUT2D eigenvalue weighted by molar-refractivity contribution is 0.803. The number of hydrogen-bond donors (Lipinski definition) is 0. The molecule has 0 aliphatic carbocycles. The zero-order chi connectivity index (χ0) is 12.4. The average Bonchev–Trinajstić information content (AvgIpc) is 2.90. The highest BCUT2D eigenvalue weighted by Crippen LogP contribution is 2.17. The van der Waals surface area contributed by atoms with E-state index in [0.717, 1.165) is 16.9 Å². The van der Waals surface area contributed by atoms with E-state index >= 15 is 0 Å². The molecule has 0 atom stereocenters. The van der Waals surface area contributed by atoms with Crippen LogP contribution in [-0.2, 0) is 0 Å². The van der Waals surface area contributed by atoms with Crippen LogP contribution in [0.3, 0.4) is 0 Å². The summed E-state index contributed by atoms with van der Waals surface area (Å²) < 4.78 is 1.79. The molecule has 0 fully saturated rings. The van der Waals surface area contributed by atoms with Crippen LogP contribution in [0.2, 0.25) is 0 Å². The third-order valence-electron chi connectivity index (χ3n) is 2.86. The molecule has 88 valence electrons. The minimum absolute atomic E-state index is 0.885. The predicted octanol–water partition coefficient (Wildman–Crippen LogP) is 3.24. The maximum Gasteiger partial charge on any atom is 0.113 e. The van der Waals surface area contributed by atoms with Gasteiger partial charge in [-0.1, -0.05) is 53.2 Å². The van der Waals surface area contributed by atoms with Crippen LogP contribution in [-0.4, -0.2) is 15.0 Å². The van der Waals surface area contributed by atoms with E-state index in [4.69, 9.17) is 0 Å². The summed E-state index contributed by atoms with van der Waals surface area (Å²) in [4.78, 5) is 0. The van der Waals surface area contributed by atoms with E-state index in [0.29, 0.717) is 0 Å². The van der Waals surface area contributed by atoms with E-state index in [2.05, 4.69) is 29.4 Å². The number of rotatable bonds is 2. The number of nitrogens with zero attached hydrogens (tertiary/aromatic N) is 3. The van der Waals surface area contributed by atoms with E-state index in [1.165, 1.54) is 5.56 Å². The summed E-state index contributed by atoms with van der Waals surface area (Å²) in [6.45, 7) is 2.07. The molecule has 0 radical (unpaired) electrons. The summed E-state index contributed by atoms with van der Waals surface area (Å²) in [7, 11) is 0. The zero-order valence-corrected chi connectivity index (χ0v) is 10.1. The number of hydrogen-bond acceptors (Lipinski definition) is 2. The van der Waals surface area contributed by atoms with Crippen molar-refractivity contribution in [3.8, 4) is 16.9 Å². The van der Waals surface area contributed by atoms with Gasteiger partial charge in [0.15, 0.2) is 0 Å². The van der Waals surface area contributed by atoms with Crippen molar-refractivity contribution in [2.75, 3.05) is 0 Å². The van der Waals surface area contributed by atoms with Crippen LogP contribution in [0, 0.1) is 6.92 Å². The number of aromatic nitrogens is 3. The average molecular weight is 235 g/mol. The second-order valence-corrected chi connectivity index (χ2v) is 4.25. The minimum Gasteiger partial charge on any atom is -0.220 e. The lowest BCUT2D eigenvalue weighted by atomic mass is 10.2. The minimum atomic E-state index is 0.885. The van der Waals surface area contributed by atoms with Crippen molar-refractivity contribution in [3.05, 3.63) is 66.4 Å². The summed E-state index contributed by atoms with van der Waals surface area (Å²) in [5.41, 5.74) is 4.23. The Kier molecular flexibility index (Phi) is 2.65. The molecule has 1 aromatic heterocycles. The van der Waals surface area contributed by atoms with Gasteiger partial charge in [0.1, 0.15) is 5.69 Å². The van der Waals surface area contributed by atoms with E-state index in [9.17, 15) is 0 Å². The fraction of sp³-hybridized carbons (Fsp3) is 0.0667. The molecule has 0 saturated heterocycles. The van der Waals surface area contributed by atoms with Crippen molar-refractivity contribution < 1.29 is 0 Å². The Bertz CT molecular complexity index is 639. The molecule has 0 saturated carbocycles. The largest absolute Gasteiger partial charge is 0.220 e. The highest BCUT2D eigenvalue weighted by atomic mass is 15.4. The normalized spacial score (nSPS) is 10.5.